The molecular formula is C18H26FN3O2. The highest BCUT2D eigenvalue weighted by Gasteiger charge is 2.33. The molecule has 0 bridgehead atoms. The van der Waals surface area contributed by atoms with Crippen LogP contribution in [0.3, 0.4) is 0 Å². The monoisotopic (exact) mass is 335 g/mol. The fourth-order valence-electron chi connectivity index (χ4n) is 3.15. The van der Waals surface area contributed by atoms with Gasteiger partial charge in [-0.15, -0.1) is 0 Å². The molecule has 3 rings (SSSR count). The van der Waals surface area contributed by atoms with Crippen LogP contribution in [0.5, 0.6) is 0 Å². The maximum Gasteiger partial charge on any atom is 0.242 e. The average Bonchev–Trinajstić information content (AvgIpc) is 3.40. The highest BCUT2D eigenvalue weighted by Crippen LogP contribution is 2.26. The van der Waals surface area contributed by atoms with E-state index in [2.05, 4.69) is 15.1 Å². The third-order valence-corrected chi connectivity index (χ3v) is 4.74. The van der Waals surface area contributed by atoms with Gasteiger partial charge in [-0.2, -0.15) is 0 Å². The molecule has 1 aliphatic carbocycles. The summed E-state index contributed by atoms with van der Waals surface area (Å²) in [5, 5.41) is 3.10. The Bertz CT molecular complexity index is 540. The van der Waals surface area contributed by atoms with Crippen molar-refractivity contribution in [1.29, 1.82) is 0 Å². The normalized spacial score (nSPS) is 20.8. The van der Waals surface area contributed by atoms with Crippen LogP contribution >= 0.6 is 0 Å². The molecule has 5 nitrogen and oxygen atoms in total. The Hall–Kier alpha value is -1.50. The van der Waals surface area contributed by atoms with Gasteiger partial charge in [-0.1, -0.05) is 12.1 Å². The maximum absolute atomic E-state index is 13.3. The van der Waals surface area contributed by atoms with Crippen molar-refractivity contribution in [3.8, 4) is 0 Å². The van der Waals surface area contributed by atoms with E-state index in [1.54, 1.807) is 19.2 Å². The molecule has 1 heterocycles. The molecule has 6 heteroatoms. The molecule has 2 aliphatic rings. The highest BCUT2D eigenvalue weighted by molar-refractivity contribution is 5.83. The van der Waals surface area contributed by atoms with Crippen LogP contribution in [0.25, 0.3) is 0 Å². The van der Waals surface area contributed by atoms with Crippen molar-refractivity contribution in [2.45, 2.75) is 24.9 Å². The van der Waals surface area contributed by atoms with Gasteiger partial charge in [0, 0.05) is 45.9 Å². The molecule has 1 aromatic rings. The first-order chi connectivity index (χ1) is 11.7. The van der Waals surface area contributed by atoms with E-state index < -0.39 is 0 Å². The lowest BCUT2D eigenvalue weighted by molar-refractivity contribution is -0.127. The third-order valence-electron chi connectivity index (χ3n) is 4.74. The second-order valence-electron chi connectivity index (χ2n) is 6.61. The molecule has 132 valence electrons. The highest BCUT2D eigenvalue weighted by atomic mass is 19.1. The van der Waals surface area contributed by atoms with Gasteiger partial charge in [0.2, 0.25) is 5.91 Å². The van der Waals surface area contributed by atoms with E-state index in [0.29, 0.717) is 6.04 Å². The Balaban J connectivity index is 1.67. The predicted molar refractivity (Wildman–Crippen MR) is 90.2 cm³/mol. The zero-order valence-corrected chi connectivity index (χ0v) is 14.2. The number of ether oxygens (including phenoxy) is 1. The van der Waals surface area contributed by atoms with Crippen LogP contribution in [0.1, 0.15) is 24.4 Å². The van der Waals surface area contributed by atoms with Crippen molar-refractivity contribution in [3.05, 3.63) is 35.6 Å². The van der Waals surface area contributed by atoms with Crippen LogP contribution in [0.15, 0.2) is 24.3 Å². The molecular weight excluding hydrogens is 309 g/mol. The number of nitrogens with one attached hydrogen (secondary N) is 1. The van der Waals surface area contributed by atoms with Crippen LogP contribution in [0.4, 0.5) is 4.39 Å². The van der Waals surface area contributed by atoms with Crippen LogP contribution < -0.4 is 5.32 Å². The van der Waals surface area contributed by atoms with Gasteiger partial charge in [0.15, 0.2) is 0 Å². The van der Waals surface area contributed by atoms with Crippen LogP contribution in [-0.2, 0) is 9.53 Å². The van der Waals surface area contributed by atoms with Crippen LogP contribution in [0, 0.1) is 5.82 Å². The van der Waals surface area contributed by atoms with Crippen LogP contribution in [0.2, 0.25) is 0 Å². The molecule has 1 aromatic carbocycles. The Kier molecular flexibility index (Phi) is 5.81. The lowest BCUT2D eigenvalue weighted by Gasteiger charge is -2.38. The number of methoxy groups -OCH3 is 1. The summed E-state index contributed by atoms with van der Waals surface area (Å²) in [6.07, 6.45) is 2.12. The zero-order valence-electron chi connectivity index (χ0n) is 14.2. The number of hydrogen-bond donors (Lipinski definition) is 1. The summed E-state index contributed by atoms with van der Waals surface area (Å²) in [5.74, 6) is -0.237. The predicted octanol–water partition coefficient (Wildman–Crippen LogP) is 1.41. The molecule has 0 aromatic heterocycles. The van der Waals surface area contributed by atoms with E-state index in [-0.39, 0.29) is 17.8 Å². The molecule has 1 aliphatic heterocycles. The molecule has 24 heavy (non-hydrogen) atoms. The smallest absolute Gasteiger partial charge is 0.242 e. The summed E-state index contributed by atoms with van der Waals surface area (Å²) in [5.41, 5.74) is 0.861. The first-order valence-electron chi connectivity index (χ1n) is 8.68. The molecule has 1 amide bonds. The molecule has 2 fully saturated rings. The van der Waals surface area contributed by atoms with Gasteiger partial charge in [-0.3, -0.25) is 14.6 Å². The minimum absolute atomic E-state index is 0.0365. The van der Waals surface area contributed by atoms with Crippen molar-refractivity contribution in [1.82, 2.24) is 15.1 Å². The van der Waals surface area contributed by atoms with Crippen molar-refractivity contribution in [3.63, 3.8) is 0 Å². The van der Waals surface area contributed by atoms with Crippen molar-refractivity contribution in [2.75, 3.05) is 46.4 Å². The molecule has 0 unspecified atom stereocenters. The van der Waals surface area contributed by atoms with Gasteiger partial charge in [-0.05, 0) is 30.5 Å². The Morgan fingerprint density at radius 1 is 1.25 bits per heavy atom. The molecule has 1 saturated heterocycles. The summed E-state index contributed by atoms with van der Waals surface area (Å²) in [6.45, 7) is 5.12. The number of nitrogens with zero attached hydrogens (tertiary/aromatic N) is 2. The van der Waals surface area contributed by atoms with Gasteiger partial charge < -0.3 is 10.1 Å². The van der Waals surface area contributed by atoms with Crippen molar-refractivity contribution in [2.24, 2.45) is 0 Å². The average molecular weight is 335 g/mol. The number of benzene rings is 1. The summed E-state index contributed by atoms with van der Waals surface area (Å²) < 4.78 is 18.4. The maximum atomic E-state index is 13.3. The topological polar surface area (TPSA) is 44.8 Å². The third kappa shape index (κ3) is 4.53. The second-order valence-corrected chi connectivity index (χ2v) is 6.61. The van der Waals surface area contributed by atoms with Gasteiger partial charge in [0.25, 0.3) is 0 Å². The number of carbonyl (C=O) groups is 1. The van der Waals surface area contributed by atoms with Gasteiger partial charge >= 0.3 is 0 Å². The zero-order chi connectivity index (χ0) is 16.9. The minimum Gasteiger partial charge on any atom is -0.383 e. The SMILES string of the molecule is COCCN1CCN([C@@H](C(=O)NC2CC2)c2ccc(F)cc2)CC1. The number of hydrogen-bond acceptors (Lipinski definition) is 4. The Morgan fingerprint density at radius 2 is 1.92 bits per heavy atom. The van der Waals surface area contributed by atoms with E-state index in [9.17, 15) is 9.18 Å². The Labute approximate surface area is 142 Å². The lowest BCUT2D eigenvalue weighted by Crippen LogP contribution is -2.51. The van der Waals surface area contributed by atoms with E-state index in [4.69, 9.17) is 4.74 Å². The van der Waals surface area contributed by atoms with E-state index in [1.165, 1.54) is 12.1 Å². The van der Waals surface area contributed by atoms with E-state index in [0.717, 1.165) is 57.7 Å². The van der Waals surface area contributed by atoms with Gasteiger partial charge in [0.1, 0.15) is 11.9 Å². The number of piperazine rings is 1. The summed E-state index contributed by atoms with van der Waals surface area (Å²) in [7, 11) is 1.71. The van der Waals surface area contributed by atoms with E-state index in [1.807, 2.05) is 0 Å². The number of halogens is 1. The van der Waals surface area contributed by atoms with Crippen LogP contribution in [-0.4, -0.2) is 68.2 Å². The largest absolute Gasteiger partial charge is 0.383 e. The number of rotatable bonds is 7. The molecule has 1 N–H and O–H groups in total. The summed E-state index contributed by atoms with van der Waals surface area (Å²) in [6, 6.07) is 6.30. The second kappa shape index (κ2) is 8.05. The first-order valence-corrected chi connectivity index (χ1v) is 8.68. The number of amides is 1. The minimum atomic E-state index is -0.337. The molecule has 0 radical (unpaired) electrons. The van der Waals surface area contributed by atoms with Crippen molar-refractivity contribution < 1.29 is 13.9 Å². The number of carbonyl (C=O) groups excluding carboxylic acids is 1. The quantitative estimate of drug-likeness (QED) is 0.818. The molecule has 1 atom stereocenters. The van der Waals surface area contributed by atoms with E-state index >= 15 is 0 Å². The molecule has 1 saturated carbocycles. The summed E-state index contributed by atoms with van der Waals surface area (Å²) >= 11 is 0. The van der Waals surface area contributed by atoms with Gasteiger partial charge in [-0.25, -0.2) is 4.39 Å². The molecule has 0 spiro atoms. The lowest BCUT2D eigenvalue weighted by atomic mass is 10.0. The standard InChI is InChI=1S/C18H26FN3O2/c1-24-13-12-21-8-10-22(11-9-21)17(18(23)20-16-6-7-16)14-2-4-15(19)5-3-14/h2-5,16-17H,6-13H2,1H3,(H,20,23)/t17-/m1/s1. The fourth-order valence-corrected chi connectivity index (χ4v) is 3.15. The Morgan fingerprint density at radius 3 is 2.50 bits per heavy atom. The fraction of sp³-hybridized carbons (Fsp3) is 0.611. The summed E-state index contributed by atoms with van der Waals surface area (Å²) in [4.78, 5) is 17.3. The van der Waals surface area contributed by atoms with Crippen molar-refractivity contribution >= 4 is 5.91 Å². The first kappa shape index (κ1) is 17.3. The van der Waals surface area contributed by atoms with Gasteiger partial charge in [0.05, 0.1) is 6.61 Å².